The van der Waals surface area contributed by atoms with Crippen LogP contribution in [0.5, 0.6) is 5.75 Å². The Balaban J connectivity index is 2.12. The number of nitrogens with zero attached hydrogens (tertiary/aromatic N) is 3. The molecule has 0 N–H and O–H groups in total. The van der Waals surface area contributed by atoms with Crippen LogP contribution < -0.4 is 9.64 Å². The first-order valence-corrected chi connectivity index (χ1v) is 7.33. The number of benzene rings is 1. The third-order valence-corrected chi connectivity index (χ3v) is 4.00. The van der Waals surface area contributed by atoms with Crippen LogP contribution in [0.15, 0.2) is 30.5 Å². The van der Waals surface area contributed by atoms with E-state index < -0.39 is 0 Å². The fourth-order valence-corrected chi connectivity index (χ4v) is 2.61. The smallest absolute Gasteiger partial charge is 0.142 e. The first-order valence-electron chi connectivity index (χ1n) is 7.33. The number of hydrogen-bond donors (Lipinski definition) is 0. The number of rotatable bonds is 4. The summed E-state index contributed by atoms with van der Waals surface area (Å²) in [5.74, 6) is 1.30. The van der Waals surface area contributed by atoms with Gasteiger partial charge in [-0.2, -0.15) is 5.26 Å². The molecule has 0 atom stereocenters. The van der Waals surface area contributed by atoms with Gasteiger partial charge in [0.15, 0.2) is 0 Å². The minimum absolute atomic E-state index is 0.480. The Morgan fingerprint density at radius 2 is 1.95 bits per heavy atom. The maximum atomic E-state index is 9.07. The molecule has 1 aliphatic rings. The van der Waals surface area contributed by atoms with Crippen LogP contribution in [-0.2, 0) is 0 Å². The standard InChI is InChI=1S/C17H23N3O/c1-13(2)14(3)19-7-9-20(10-8-19)16-11-15(12-18)5-6-17(16)21-4/h5-6,11,13H,3,7-10H2,1-2,4H3. The van der Waals surface area contributed by atoms with E-state index in [4.69, 9.17) is 10.00 Å². The molecule has 0 radical (unpaired) electrons. The average molecular weight is 285 g/mol. The summed E-state index contributed by atoms with van der Waals surface area (Å²) in [6.07, 6.45) is 0. The SMILES string of the molecule is C=C(C(C)C)N1CCN(c2cc(C#N)ccc2OC)CC1. The molecule has 0 spiro atoms. The molecule has 0 amide bonds. The van der Waals surface area contributed by atoms with Crippen molar-refractivity contribution in [3.63, 3.8) is 0 Å². The van der Waals surface area contributed by atoms with E-state index in [2.05, 4.69) is 36.3 Å². The van der Waals surface area contributed by atoms with E-state index >= 15 is 0 Å². The van der Waals surface area contributed by atoms with E-state index in [0.717, 1.165) is 37.6 Å². The molecular formula is C17H23N3O. The summed E-state index contributed by atoms with van der Waals surface area (Å²) in [5, 5.41) is 9.07. The van der Waals surface area contributed by atoms with Gasteiger partial charge in [-0.05, 0) is 24.1 Å². The van der Waals surface area contributed by atoms with E-state index in [-0.39, 0.29) is 0 Å². The second-order valence-electron chi connectivity index (χ2n) is 5.62. The van der Waals surface area contributed by atoms with Gasteiger partial charge in [-0.25, -0.2) is 0 Å². The van der Waals surface area contributed by atoms with Crippen LogP contribution in [0.4, 0.5) is 5.69 Å². The predicted molar refractivity (Wildman–Crippen MR) is 85.5 cm³/mol. The molecule has 1 aromatic rings. The molecular weight excluding hydrogens is 262 g/mol. The normalized spacial score (nSPS) is 15.0. The molecule has 4 heteroatoms. The predicted octanol–water partition coefficient (Wildman–Crippen LogP) is 2.86. The number of hydrogen-bond acceptors (Lipinski definition) is 4. The van der Waals surface area contributed by atoms with Gasteiger partial charge in [-0.3, -0.25) is 0 Å². The first kappa shape index (κ1) is 15.2. The maximum absolute atomic E-state index is 9.07. The lowest BCUT2D eigenvalue weighted by molar-refractivity contribution is 0.294. The summed E-state index contributed by atoms with van der Waals surface area (Å²) >= 11 is 0. The van der Waals surface area contributed by atoms with Gasteiger partial charge in [0.1, 0.15) is 5.75 Å². The van der Waals surface area contributed by atoms with E-state index in [9.17, 15) is 0 Å². The third-order valence-electron chi connectivity index (χ3n) is 4.00. The van der Waals surface area contributed by atoms with Crippen LogP contribution in [0.3, 0.4) is 0 Å². The molecule has 2 rings (SSSR count). The number of piperazine rings is 1. The van der Waals surface area contributed by atoms with Crippen molar-refractivity contribution in [1.29, 1.82) is 5.26 Å². The van der Waals surface area contributed by atoms with Crippen LogP contribution in [0.2, 0.25) is 0 Å². The van der Waals surface area contributed by atoms with Crippen molar-refractivity contribution in [1.82, 2.24) is 4.90 Å². The van der Waals surface area contributed by atoms with Crippen LogP contribution in [0.25, 0.3) is 0 Å². The molecule has 1 fully saturated rings. The molecule has 1 heterocycles. The Hall–Kier alpha value is -2.15. The van der Waals surface area contributed by atoms with Gasteiger partial charge >= 0.3 is 0 Å². The zero-order valence-electron chi connectivity index (χ0n) is 13.1. The molecule has 1 aromatic carbocycles. The van der Waals surface area contributed by atoms with Crippen molar-refractivity contribution in [3.05, 3.63) is 36.0 Å². The van der Waals surface area contributed by atoms with E-state index in [1.807, 2.05) is 12.1 Å². The Labute approximate surface area is 127 Å². The average Bonchev–Trinajstić information content (AvgIpc) is 2.53. The number of nitriles is 1. The zero-order valence-corrected chi connectivity index (χ0v) is 13.1. The van der Waals surface area contributed by atoms with Crippen molar-refractivity contribution in [3.8, 4) is 11.8 Å². The third kappa shape index (κ3) is 3.30. The van der Waals surface area contributed by atoms with Crippen molar-refractivity contribution in [2.24, 2.45) is 5.92 Å². The van der Waals surface area contributed by atoms with Gasteiger partial charge in [0.25, 0.3) is 0 Å². The topological polar surface area (TPSA) is 39.5 Å². The summed E-state index contributed by atoms with van der Waals surface area (Å²) in [4.78, 5) is 4.63. The van der Waals surface area contributed by atoms with Crippen molar-refractivity contribution < 1.29 is 4.74 Å². The van der Waals surface area contributed by atoms with Gasteiger partial charge in [-0.1, -0.05) is 20.4 Å². The largest absolute Gasteiger partial charge is 0.495 e. The Kier molecular flexibility index (Phi) is 4.74. The first-order chi connectivity index (χ1) is 10.1. The maximum Gasteiger partial charge on any atom is 0.142 e. The molecule has 0 aliphatic carbocycles. The monoisotopic (exact) mass is 285 g/mol. The second kappa shape index (κ2) is 6.53. The molecule has 1 aliphatic heterocycles. The van der Waals surface area contributed by atoms with Crippen molar-refractivity contribution >= 4 is 5.69 Å². The number of anilines is 1. The molecule has 0 bridgehead atoms. The lowest BCUT2D eigenvalue weighted by Gasteiger charge is -2.39. The van der Waals surface area contributed by atoms with Crippen LogP contribution >= 0.6 is 0 Å². The Bertz CT molecular complexity index is 552. The van der Waals surface area contributed by atoms with Crippen molar-refractivity contribution in [2.75, 3.05) is 38.2 Å². The number of allylic oxidation sites excluding steroid dienone is 1. The van der Waals surface area contributed by atoms with E-state index in [1.165, 1.54) is 5.70 Å². The molecule has 0 unspecified atom stereocenters. The van der Waals surface area contributed by atoms with Gasteiger partial charge in [0.2, 0.25) is 0 Å². The van der Waals surface area contributed by atoms with Gasteiger partial charge in [0, 0.05) is 31.9 Å². The van der Waals surface area contributed by atoms with E-state index in [1.54, 1.807) is 13.2 Å². The summed E-state index contributed by atoms with van der Waals surface area (Å²) in [6.45, 7) is 12.3. The minimum atomic E-state index is 0.480. The van der Waals surface area contributed by atoms with Gasteiger partial charge in [-0.15, -0.1) is 0 Å². The quantitative estimate of drug-likeness (QED) is 0.853. The summed E-state index contributed by atoms with van der Waals surface area (Å²) in [7, 11) is 1.67. The van der Waals surface area contributed by atoms with Crippen LogP contribution in [0.1, 0.15) is 19.4 Å². The molecule has 1 saturated heterocycles. The van der Waals surface area contributed by atoms with Crippen molar-refractivity contribution in [2.45, 2.75) is 13.8 Å². The summed E-state index contributed by atoms with van der Waals surface area (Å²) < 4.78 is 5.43. The fraction of sp³-hybridized carbons (Fsp3) is 0.471. The lowest BCUT2D eigenvalue weighted by atomic mass is 10.1. The Morgan fingerprint density at radius 1 is 1.29 bits per heavy atom. The highest BCUT2D eigenvalue weighted by molar-refractivity contribution is 5.62. The highest BCUT2D eigenvalue weighted by Gasteiger charge is 2.21. The van der Waals surface area contributed by atoms with Gasteiger partial charge in [0.05, 0.1) is 24.4 Å². The summed E-state index contributed by atoms with van der Waals surface area (Å²) in [6, 6.07) is 7.76. The minimum Gasteiger partial charge on any atom is -0.495 e. The summed E-state index contributed by atoms with van der Waals surface area (Å²) in [5.41, 5.74) is 2.87. The molecule has 21 heavy (non-hydrogen) atoms. The highest BCUT2D eigenvalue weighted by atomic mass is 16.5. The van der Waals surface area contributed by atoms with Crippen LogP contribution in [0, 0.1) is 17.2 Å². The molecule has 112 valence electrons. The lowest BCUT2D eigenvalue weighted by Crippen LogP contribution is -2.46. The molecule has 0 aromatic heterocycles. The Morgan fingerprint density at radius 3 is 2.48 bits per heavy atom. The van der Waals surface area contributed by atoms with Crippen LogP contribution in [-0.4, -0.2) is 38.2 Å². The van der Waals surface area contributed by atoms with E-state index in [0.29, 0.717) is 11.5 Å². The van der Waals surface area contributed by atoms with Gasteiger partial charge < -0.3 is 14.5 Å². The highest BCUT2D eigenvalue weighted by Crippen LogP contribution is 2.30. The number of methoxy groups -OCH3 is 1. The second-order valence-corrected chi connectivity index (χ2v) is 5.62. The molecule has 4 nitrogen and oxygen atoms in total. The fourth-order valence-electron chi connectivity index (χ4n) is 2.61. The molecule has 0 saturated carbocycles. The number of ether oxygens (including phenoxy) is 1. The zero-order chi connectivity index (χ0) is 15.4.